The summed E-state index contributed by atoms with van der Waals surface area (Å²) in [5.41, 5.74) is 7.25. The monoisotopic (exact) mass is 463 g/mol. The second-order valence-corrected chi connectivity index (χ2v) is 8.43. The summed E-state index contributed by atoms with van der Waals surface area (Å²) in [5.74, 6) is -0.343. The molecule has 4 N–H and O–H groups in total. The fourth-order valence-corrected chi connectivity index (χ4v) is 4.03. The van der Waals surface area contributed by atoms with Crippen molar-refractivity contribution >= 4 is 40.7 Å². The highest BCUT2D eigenvalue weighted by Crippen LogP contribution is 2.34. The van der Waals surface area contributed by atoms with Crippen LogP contribution in [0.3, 0.4) is 0 Å². The highest BCUT2D eigenvalue weighted by molar-refractivity contribution is 6.30. The number of carbonyl (C=O) groups is 2. The molecule has 0 bridgehead atoms. The van der Waals surface area contributed by atoms with Crippen LogP contribution in [0.5, 0.6) is 0 Å². The Morgan fingerprint density at radius 2 is 1.97 bits per heavy atom. The highest BCUT2D eigenvalue weighted by Gasteiger charge is 2.48. The number of anilines is 3. The summed E-state index contributed by atoms with van der Waals surface area (Å²) in [7, 11) is 0. The standard InChI is InChI=1S/C23H22ClN7O2/c1-15-11-16(24)7-8-19(15)28-22(33)30-13-23(14-30,9-10-25)31-12-18(20(26)32)21(29-31)27-17-5-3-2-4-6-17/h2-8,11-12H,9,13-14H2,1H3,(H2,26,32)(H,27,29)(H,28,33). The average Bonchev–Trinajstić information content (AvgIpc) is 3.17. The summed E-state index contributed by atoms with van der Waals surface area (Å²) in [6, 6.07) is 16.3. The summed E-state index contributed by atoms with van der Waals surface area (Å²) in [6.45, 7) is 2.36. The van der Waals surface area contributed by atoms with Gasteiger partial charge in [0.1, 0.15) is 11.1 Å². The van der Waals surface area contributed by atoms with E-state index in [1.165, 1.54) is 6.20 Å². The predicted molar refractivity (Wildman–Crippen MR) is 125 cm³/mol. The number of amides is 3. The molecule has 9 nitrogen and oxygen atoms in total. The smallest absolute Gasteiger partial charge is 0.322 e. The zero-order chi connectivity index (χ0) is 23.6. The predicted octanol–water partition coefficient (Wildman–Crippen LogP) is 3.84. The SMILES string of the molecule is Cc1cc(Cl)ccc1NC(=O)N1CC(CC#N)(n2cc(C(N)=O)c(Nc3ccccc3)n2)C1. The highest BCUT2D eigenvalue weighted by atomic mass is 35.5. The van der Waals surface area contributed by atoms with Crippen LogP contribution in [-0.2, 0) is 5.54 Å². The van der Waals surface area contributed by atoms with Gasteiger partial charge >= 0.3 is 6.03 Å². The van der Waals surface area contributed by atoms with Crippen LogP contribution in [0, 0.1) is 18.3 Å². The number of nitriles is 1. The Labute approximate surface area is 195 Å². The number of aromatic nitrogens is 2. The molecule has 1 fully saturated rings. The summed E-state index contributed by atoms with van der Waals surface area (Å²) in [6.07, 6.45) is 1.64. The van der Waals surface area contributed by atoms with Crippen LogP contribution in [0.2, 0.25) is 5.02 Å². The van der Waals surface area contributed by atoms with Gasteiger partial charge in [0.2, 0.25) is 0 Å². The number of nitrogens with one attached hydrogen (secondary N) is 2. The van der Waals surface area contributed by atoms with Crippen molar-refractivity contribution in [2.45, 2.75) is 18.9 Å². The zero-order valence-corrected chi connectivity index (χ0v) is 18.6. The van der Waals surface area contributed by atoms with E-state index in [0.29, 0.717) is 16.5 Å². The van der Waals surface area contributed by atoms with E-state index in [1.54, 1.807) is 27.8 Å². The number of para-hydroxylation sites is 1. The Balaban J connectivity index is 1.54. The molecule has 3 amide bonds. The van der Waals surface area contributed by atoms with E-state index in [9.17, 15) is 14.9 Å². The molecule has 2 heterocycles. The molecule has 0 radical (unpaired) electrons. The number of urea groups is 1. The van der Waals surface area contributed by atoms with Crippen LogP contribution >= 0.6 is 11.6 Å². The lowest BCUT2D eigenvalue weighted by Crippen LogP contribution is -2.65. The van der Waals surface area contributed by atoms with Crippen molar-refractivity contribution in [1.82, 2.24) is 14.7 Å². The molecule has 4 rings (SSSR count). The Hall–Kier alpha value is -4.03. The molecular formula is C23H22ClN7O2. The van der Waals surface area contributed by atoms with Crippen LogP contribution in [0.25, 0.3) is 0 Å². The number of aryl methyl sites for hydroxylation is 1. The lowest BCUT2D eigenvalue weighted by Gasteiger charge is -2.48. The topological polar surface area (TPSA) is 129 Å². The van der Waals surface area contributed by atoms with Crippen molar-refractivity contribution in [3.05, 3.63) is 70.9 Å². The molecule has 33 heavy (non-hydrogen) atoms. The molecule has 1 aliphatic rings. The van der Waals surface area contributed by atoms with E-state index in [4.69, 9.17) is 17.3 Å². The first-order valence-corrected chi connectivity index (χ1v) is 10.6. The fraction of sp³-hybridized carbons (Fsp3) is 0.217. The summed E-state index contributed by atoms with van der Waals surface area (Å²) in [4.78, 5) is 26.4. The van der Waals surface area contributed by atoms with Crippen molar-refractivity contribution in [3.63, 3.8) is 0 Å². The Bertz CT molecular complexity index is 1240. The molecule has 1 aromatic heterocycles. The number of benzene rings is 2. The molecule has 10 heteroatoms. The van der Waals surface area contributed by atoms with Gasteiger partial charge in [-0.1, -0.05) is 29.8 Å². The maximum atomic E-state index is 12.8. The van der Waals surface area contributed by atoms with Gasteiger partial charge in [0, 0.05) is 22.6 Å². The first-order valence-electron chi connectivity index (χ1n) is 10.2. The van der Waals surface area contributed by atoms with Gasteiger partial charge in [-0.25, -0.2) is 4.79 Å². The lowest BCUT2D eigenvalue weighted by molar-refractivity contribution is 0.0401. The second-order valence-electron chi connectivity index (χ2n) is 8.00. The van der Waals surface area contributed by atoms with E-state index < -0.39 is 11.4 Å². The van der Waals surface area contributed by atoms with Gasteiger partial charge in [-0.2, -0.15) is 10.4 Å². The first kappa shape index (κ1) is 22.2. The van der Waals surface area contributed by atoms with Crippen molar-refractivity contribution in [2.24, 2.45) is 5.73 Å². The number of primary amides is 1. The number of carbonyl (C=O) groups excluding carboxylic acids is 2. The van der Waals surface area contributed by atoms with Crippen molar-refractivity contribution in [2.75, 3.05) is 23.7 Å². The van der Waals surface area contributed by atoms with Crippen LogP contribution in [0.1, 0.15) is 22.3 Å². The number of hydrogen-bond acceptors (Lipinski definition) is 5. The third-order valence-electron chi connectivity index (χ3n) is 5.60. The molecule has 168 valence electrons. The quantitative estimate of drug-likeness (QED) is 0.511. The normalized spacial score (nSPS) is 14.2. The average molecular weight is 464 g/mol. The van der Waals surface area contributed by atoms with E-state index >= 15 is 0 Å². The minimum Gasteiger partial charge on any atom is -0.365 e. The summed E-state index contributed by atoms with van der Waals surface area (Å²) in [5, 5.41) is 20.5. The van der Waals surface area contributed by atoms with Gasteiger partial charge in [-0.05, 0) is 42.8 Å². The van der Waals surface area contributed by atoms with E-state index in [1.807, 2.05) is 37.3 Å². The largest absolute Gasteiger partial charge is 0.365 e. The minimum absolute atomic E-state index is 0.113. The van der Waals surface area contributed by atoms with E-state index in [2.05, 4.69) is 21.8 Å². The van der Waals surface area contributed by atoms with Crippen molar-refractivity contribution in [3.8, 4) is 6.07 Å². The van der Waals surface area contributed by atoms with Crippen molar-refractivity contribution < 1.29 is 9.59 Å². The molecular weight excluding hydrogens is 442 g/mol. The summed E-state index contributed by atoms with van der Waals surface area (Å²) >= 11 is 5.98. The molecule has 0 spiro atoms. The van der Waals surface area contributed by atoms with Gasteiger partial charge < -0.3 is 21.3 Å². The molecule has 0 aliphatic carbocycles. The Morgan fingerprint density at radius 1 is 1.24 bits per heavy atom. The molecule has 0 unspecified atom stereocenters. The number of halogens is 1. The first-order chi connectivity index (χ1) is 15.8. The van der Waals surface area contributed by atoms with Gasteiger partial charge in [0.25, 0.3) is 5.91 Å². The van der Waals surface area contributed by atoms with E-state index in [0.717, 1.165) is 11.3 Å². The number of hydrogen-bond donors (Lipinski definition) is 3. The molecule has 0 atom stereocenters. The van der Waals surface area contributed by atoms with Crippen LogP contribution in [0.4, 0.5) is 22.0 Å². The third kappa shape index (κ3) is 4.47. The molecule has 0 saturated carbocycles. The fourth-order valence-electron chi connectivity index (χ4n) is 3.80. The minimum atomic E-state index is -0.762. The Morgan fingerprint density at radius 3 is 2.61 bits per heavy atom. The van der Waals surface area contributed by atoms with Gasteiger partial charge in [0.15, 0.2) is 5.82 Å². The Kier molecular flexibility index (Phi) is 5.94. The number of nitrogens with zero attached hydrogens (tertiary/aromatic N) is 4. The number of rotatable bonds is 6. The lowest BCUT2D eigenvalue weighted by atomic mass is 9.87. The zero-order valence-electron chi connectivity index (χ0n) is 17.9. The summed E-state index contributed by atoms with van der Waals surface area (Å²) < 4.78 is 1.57. The van der Waals surface area contributed by atoms with Crippen LogP contribution < -0.4 is 16.4 Å². The maximum Gasteiger partial charge on any atom is 0.322 e. The van der Waals surface area contributed by atoms with Crippen LogP contribution in [-0.4, -0.2) is 39.7 Å². The van der Waals surface area contributed by atoms with Crippen LogP contribution in [0.15, 0.2) is 54.7 Å². The van der Waals surface area contributed by atoms with E-state index in [-0.39, 0.29) is 31.1 Å². The van der Waals surface area contributed by atoms with Gasteiger partial charge in [0.05, 0.1) is 25.6 Å². The van der Waals surface area contributed by atoms with Crippen molar-refractivity contribution in [1.29, 1.82) is 5.26 Å². The molecule has 1 aliphatic heterocycles. The number of likely N-dealkylation sites (tertiary alicyclic amines) is 1. The van der Waals surface area contributed by atoms with Gasteiger partial charge in [-0.3, -0.25) is 9.48 Å². The number of nitrogens with two attached hydrogens (primary N) is 1. The molecule has 2 aromatic carbocycles. The third-order valence-corrected chi connectivity index (χ3v) is 5.83. The second kappa shape index (κ2) is 8.84. The van der Waals surface area contributed by atoms with Gasteiger partial charge in [-0.15, -0.1) is 0 Å². The maximum absolute atomic E-state index is 12.8. The molecule has 3 aromatic rings. The molecule has 1 saturated heterocycles.